The highest BCUT2D eigenvalue weighted by atomic mass is 13.9. The molecule has 0 spiro atoms. The maximum atomic E-state index is 3.81. The molecule has 0 heteroatoms. The first-order valence-corrected chi connectivity index (χ1v) is 4.60. The van der Waals surface area contributed by atoms with Crippen LogP contribution >= 0.6 is 0 Å². The molecule has 1 radical (unpaired) electrons. The Morgan fingerprint density at radius 2 is 1.64 bits per heavy atom. The first-order chi connectivity index (χ1) is 5.41. The summed E-state index contributed by atoms with van der Waals surface area (Å²) >= 11 is 0. The highest BCUT2D eigenvalue weighted by Gasteiger charge is 1.87. The maximum Gasteiger partial charge on any atom is 0.00885 e. The summed E-state index contributed by atoms with van der Waals surface area (Å²) in [4.78, 5) is 0. The zero-order valence-electron chi connectivity index (χ0n) is 7.66. The molecule has 0 aromatic heterocycles. The number of hydrogen-bond donors (Lipinski definition) is 0. The average molecular weight is 151 g/mol. The fourth-order valence-corrected chi connectivity index (χ4v) is 1.05. The van der Waals surface area contributed by atoms with Gasteiger partial charge in [0.15, 0.2) is 0 Å². The highest BCUT2D eigenvalue weighted by molar-refractivity contribution is 4.94. The van der Waals surface area contributed by atoms with E-state index in [9.17, 15) is 0 Å². The van der Waals surface area contributed by atoms with E-state index in [1.54, 1.807) is 0 Å². The van der Waals surface area contributed by atoms with Crippen LogP contribution in [0.15, 0.2) is 0 Å². The van der Waals surface area contributed by atoms with Gasteiger partial charge in [-0.05, 0) is 13.3 Å². The second-order valence-corrected chi connectivity index (χ2v) is 2.80. The van der Waals surface area contributed by atoms with Gasteiger partial charge in [-0.1, -0.05) is 39.0 Å². The molecule has 63 valence electrons. The van der Waals surface area contributed by atoms with Gasteiger partial charge in [0.25, 0.3) is 0 Å². The Bertz CT molecular complexity index is 114. The Morgan fingerprint density at radius 1 is 1.00 bits per heavy atom. The van der Waals surface area contributed by atoms with Gasteiger partial charge in [-0.3, -0.25) is 0 Å². The van der Waals surface area contributed by atoms with E-state index < -0.39 is 0 Å². The molecule has 0 aromatic carbocycles. The molecule has 0 aliphatic rings. The second kappa shape index (κ2) is 9.56. The van der Waals surface area contributed by atoms with Crippen molar-refractivity contribution in [2.24, 2.45) is 0 Å². The number of hydrogen-bond acceptors (Lipinski definition) is 0. The molecule has 0 unspecified atom stereocenters. The molecule has 0 rings (SSSR count). The Labute approximate surface area is 71.4 Å². The van der Waals surface area contributed by atoms with Crippen molar-refractivity contribution >= 4 is 0 Å². The zero-order chi connectivity index (χ0) is 8.36. The Balaban J connectivity index is 2.83. The molecule has 0 aromatic rings. The number of unbranched alkanes of at least 4 members (excludes halogenated alkanes) is 6. The molecule has 11 heavy (non-hydrogen) atoms. The van der Waals surface area contributed by atoms with E-state index >= 15 is 0 Å². The van der Waals surface area contributed by atoms with Gasteiger partial charge < -0.3 is 0 Å². The van der Waals surface area contributed by atoms with Gasteiger partial charge in [0, 0.05) is 6.42 Å². The third kappa shape index (κ3) is 9.56. The standard InChI is InChI=1S/C11H19/c1-3-5-7-9-11-10-8-6-4-2/h1,3,5,7-11H2,2H3. The maximum absolute atomic E-state index is 3.81. The monoisotopic (exact) mass is 151 g/mol. The molecule has 0 fully saturated rings. The van der Waals surface area contributed by atoms with Crippen LogP contribution in [-0.2, 0) is 0 Å². The molecule has 0 nitrogen and oxygen atoms in total. The van der Waals surface area contributed by atoms with E-state index in [-0.39, 0.29) is 0 Å². The Kier molecular flexibility index (Phi) is 9.18. The van der Waals surface area contributed by atoms with Crippen LogP contribution in [0.4, 0.5) is 0 Å². The van der Waals surface area contributed by atoms with Gasteiger partial charge in [0.2, 0.25) is 0 Å². The molecule has 0 saturated carbocycles. The highest BCUT2D eigenvalue weighted by Crippen LogP contribution is 2.05. The lowest BCUT2D eigenvalue weighted by atomic mass is 10.1. The van der Waals surface area contributed by atoms with Gasteiger partial charge in [-0.15, -0.1) is 11.8 Å². The van der Waals surface area contributed by atoms with E-state index in [2.05, 4.69) is 18.8 Å². The average Bonchev–Trinajstić information content (AvgIpc) is 2.03. The lowest BCUT2D eigenvalue weighted by molar-refractivity contribution is 0.624. The molecular weight excluding hydrogens is 132 g/mol. The Morgan fingerprint density at radius 3 is 2.27 bits per heavy atom. The molecule has 0 bridgehead atoms. The first-order valence-electron chi connectivity index (χ1n) is 4.60. The van der Waals surface area contributed by atoms with Crippen LogP contribution in [0.1, 0.15) is 51.9 Å². The first kappa shape index (κ1) is 10.6. The van der Waals surface area contributed by atoms with E-state index in [1.165, 1.54) is 32.1 Å². The molecule has 0 saturated heterocycles. The molecular formula is C11H19. The van der Waals surface area contributed by atoms with Crippen LogP contribution in [0.5, 0.6) is 0 Å². The zero-order valence-corrected chi connectivity index (χ0v) is 7.66. The minimum absolute atomic E-state index is 1.08. The number of rotatable bonds is 6. The minimum Gasteiger partial charge on any atom is -0.107 e. The predicted octanol–water partition coefficient (Wildman–Crippen LogP) is 3.57. The van der Waals surface area contributed by atoms with Crippen molar-refractivity contribution in [1.29, 1.82) is 0 Å². The van der Waals surface area contributed by atoms with Crippen LogP contribution in [0.25, 0.3) is 0 Å². The smallest absolute Gasteiger partial charge is 0.00885 e. The minimum atomic E-state index is 1.08. The SMILES string of the molecule is [CH2]CCCCCCCC#CC. The van der Waals surface area contributed by atoms with Gasteiger partial charge in [0.1, 0.15) is 0 Å². The van der Waals surface area contributed by atoms with Crippen molar-refractivity contribution in [3.8, 4) is 11.8 Å². The summed E-state index contributed by atoms with van der Waals surface area (Å²) < 4.78 is 0. The summed E-state index contributed by atoms with van der Waals surface area (Å²) in [5.74, 6) is 5.99. The summed E-state index contributed by atoms with van der Waals surface area (Å²) in [7, 11) is 0. The topological polar surface area (TPSA) is 0 Å². The van der Waals surface area contributed by atoms with E-state index in [1.807, 2.05) is 6.92 Å². The largest absolute Gasteiger partial charge is 0.107 e. The van der Waals surface area contributed by atoms with Crippen molar-refractivity contribution in [2.45, 2.75) is 51.9 Å². The lowest BCUT2D eigenvalue weighted by Crippen LogP contribution is -1.77. The van der Waals surface area contributed by atoms with Crippen molar-refractivity contribution in [3.63, 3.8) is 0 Å². The molecule has 0 N–H and O–H groups in total. The second-order valence-electron chi connectivity index (χ2n) is 2.80. The van der Waals surface area contributed by atoms with E-state index in [0.717, 1.165) is 12.8 Å². The van der Waals surface area contributed by atoms with Gasteiger partial charge >= 0.3 is 0 Å². The van der Waals surface area contributed by atoms with E-state index in [0.29, 0.717) is 0 Å². The van der Waals surface area contributed by atoms with Crippen LogP contribution in [0, 0.1) is 18.8 Å². The fraction of sp³-hybridized carbons (Fsp3) is 0.727. The normalized spacial score (nSPS) is 8.91. The summed E-state index contributed by atoms with van der Waals surface area (Å²) in [5, 5.41) is 0. The van der Waals surface area contributed by atoms with Crippen molar-refractivity contribution in [2.75, 3.05) is 0 Å². The van der Waals surface area contributed by atoms with Crippen LogP contribution in [0.2, 0.25) is 0 Å². The molecule has 0 heterocycles. The van der Waals surface area contributed by atoms with Crippen LogP contribution in [0.3, 0.4) is 0 Å². The molecule has 0 atom stereocenters. The predicted molar refractivity (Wildman–Crippen MR) is 51.1 cm³/mol. The molecule has 0 aliphatic heterocycles. The fourth-order valence-electron chi connectivity index (χ4n) is 1.05. The Hall–Kier alpha value is -0.440. The van der Waals surface area contributed by atoms with Crippen molar-refractivity contribution in [3.05, 3.63) is 6.92 Å². The summed E-state index contributed by atoms with van der Waals surface area (Å²) in [5.41, 5.74) is 0. The van der Waals surface area contributed by atoms with Crippen LogP contribution < -0.4 is 0 Å². The summed E-state index contributed by atoms with van der Waals surface area (Å²) in [6.45, 7) is 5.72. The quantitative estimate of drug-likeness (QED) is 0.402. The third-order valence-corrected chi connectivity index (χ3v) is 1.73. The third-order valence-electron chi connectivity index (χ3n) is 1.73. The van der Waals surface area contributed by atoms with Gasteiger partial charge in [-0.2, -0.15) is 0 Å². The van der Waals surface area contributed by atoms with Crippen molar-refractivity contribution < 1.29 is 0 Å². The molecule has 0 aliphatic carbocycles. The van der Waals surface area contributed by atoms with Gasteiger partial charge in [-0.25, -0.2) is 0 Å². The van der Waals surface area contributed by atoms with Crippen LogP contribution in [-0.4, -0.2) is 0 Å². The molecule has 0 amide bonds. The van der Waals surface area contributed by atoms with Gasteiger partial charge in [0.05, 0.1) is 0 Å². The van der Waals surface area contributed by atoms with E-state index in [4.69, 9.17) is 0 Å². The summed E-state index contributed by atoms with van der Waals surface area (Å²) in [6.07, 6.45) is 8.80. The van der Waals surface area contributed by atoms with Crippen molar-refractivity contribution in [1.82, 2.24) is 0 Å². The summed E-state index contributed by atoms with van der Waals surface area (Å²) in [6, 6.07) is 0. The lowest BCUT2D eigenvalue weighted by Gasteiger charge is -1.96.